The minimum Gasteiger partial charge on any atom is -0.493 e. The van der Waals surface area contributed by atoms with Crippen molar-refractivity contribution in [1.29, 1.82) is 0 Å². The van der Waals surface area contributed by atoms with Gasteiger partial charge in [0.25, 0.3) is 5.91 Å². The monoisotopic (exact) mass is 303 g/mol. The van der Waals surface area contributed by atoms with Crippen molar-refractivity contribution >= 4 is 23.2 Å². The summed E-state index contributed by atoms with van der Waals surface area (Å²) >= 11 is 5.89. The van der Waals surface area contributed by atoms with E-state index < -0.39 is 0 Å². The first-order valence-electron chi connectivity index (χ1n) is 6.84. The minimum atomic E-state index is -0.173. The summed E-state index contributed by atoms with van der Waals surface area (Å²) in [5, 5.41) is 3.39. The fraction of sp³-hybridized carbons (Fsp3) is 0.235. The molecule has 0 bridgehead atoms. The van der Waals surface area contributed by atoms with E-state index >= 15 is 0 Å². The van der Waals surface area contributed by atoms with E-state index in [9.17, 15) is 4.79 Å². The van der Waals surface area contributed by atoms with Crippen molar-refractivity contribution in [2.24, 2.45) is 5.92 Å². The van der Waals surface area contributed by atoms with Crippen molar-refractivity contribution < 1.29 is 9.53 Å². The first-order chi connectivity index (χ1) is 10.0. The van der Waals surface area contributed by atoms with Gasteiger partial charge in [-0.2, -0.15) is 0 Å². The van der Waals surface area contributed by atoms with Crippen LogP contribution < -0.4 is 10.1 Å². The van der Waals surface area contributed by atoms with Crippen LogP contribution >= 0.6 is 11.6 Å². The highest BCUT2D eigenvalue weighted by Gasteiger charge is 2.07. The summed E-state index contributed by atoms with van der Waals surface area (Å²) in [6.45, 7) is 4.84. The normalized spacial score (nSPS) is 10.5. The first-order valence-corrected chi connectivity index (χ1v) is 7.22. The zero-order chi connectivity index (χ0) is 15.2. The average Bonchev–Trinajstić information content (AvgIpc) is 2.45. The van der Waals surface area contributed by atoms with E-state index in [0.717, 1.165) is 5.75 Å². The number of nitrogens with one attached hydrogen (secondary N) is 1. The molecule has 0 spiro atoms. The number of halogens is 1. The van der Waals surface area contributed by atoms with Crippen LogP contribution in [0.4, 0.5) is 5.69 Å². The Hall–Kier alpha value is -2.00. The molecule has 0 saturated carbocycles. The van der Waals surface area contributed by atoms with Gasteiger partial charge in [-0.05, 0) is 48.4 Å². The molecule has 3 nitrogen and oxygen atoms in total. The highest BCUT2D eigenvalue weighted by Crippen LogP contribution is 2.17. The lowest BCUT2D eigenvalue weighted by molar-refractivity contribution is 0.102. The van der Waals surface area contributed by atoms with E-state index in [-0.39, 0.29) is 5.91 Å². The number of rotatable bonds is 5. The van der Waals surface area contributed by atoms with Crippen LogP contribution in [0.3, 0.4) is 0 Å². The zero-order valence-corrected chi connectivity index (χ0v) is 12.9. The molecule has 4 heteroatoms. The lowest BCUT2D eigenvalue weighted by Crippen LogP contribution is -2.11. The van der Waals surface area contributed by atoms with Gasteiger partial charge in [0.05, 0.1) is 6.61 Å². The Morgan fingerprint density at radius 1 is 1.19 bits per heavy atom. The Morgan fingerprint density at radius 3 is 2.52 bits per heavy atom. The molecule has 0 fully saturated rings. The molecule has 1 amide bonds. The van der Waals surface area contributed by atoms with E-state index in [2.05, 4.69) is 19.2 Å². The van der Waals surface area contributed by atoms with Gasteiger partial charge in [-0.25, -0.2) is 0 Å². The Balaban J connectivity index is 1.99. The summed E-state index contributed by atoms with van der Waals surface area (Å²) in [6, 6.07) is 14.2. The van der Waals surface area contributed by atoms with Crippen LogP contribution in [0, 0.1) is 5.92 Å². The highest BCUT2D eigenvalue weighted by atomic mass is 35.5. The molecule has 0 radical (unpaired) electrons. The fourth-order valence-electron chi connectivity index (χ4n) is 1.73. The van der Waals surface area contributed by atoms with Crippen molar-refractivity contribution in [2.45, 2.75) is 13.8 Å². The van der Waals surface area contributed by atoms with Gasteiger partial charge in [0.15, 0.2) is 0 Å². The summed E-state index contributed by atoms with van der Waals surface area (Å²) in [5.74, 6) is 1.06. The molecule has 110 valence electrons. The summed E-state index contributed by atoms with van der Waals surface area (Å²) < 4.78 is 5.59. The second kappa shape index (κ2) is 7.14. The highest BCUT2D eigenvalue weighted by molar-refractivity contribution is 6.30. The van der Waals surface area contributed by atoms with Gasteiger partial charge >= 0.3 is 0 Å². The molecule has 21 heavy (non-hydrogen) atoms. The lowest BCUT2D eigenvalue weighted by Gasteiger charge is -2.09. The number of ether oxygens (including phenoxy) is 1. The van der Waals surface area contributed by atoms with Gasteiger partial charge < -0.3 is 10.1 Å². The molecule has 0 heterocycles. The van der Waals surface area contributed by atoms with Gasteiger partial charge in [-0.15, -0.1) is 0 Å². The number of amides is 1. The SMILES string of the molecule is CC(C)COc1ccc(C(=O)Nc2cccc(Cl)c2)cc1. The number of hydrogen-bond donors (Lipinski definition) is 1. The summed E-state index contributed by atoms with van der Waals surface area (Å²) in [4.78, 5) is 12.1. The molecule has 0 unspecified atom stereocenters. The Labute approximate surface area is 129 Å². The molecule has 0 aliphatic carbocycles. The summed E-state index contributed by atoms with van der Waals surface area (Å²) in [7, 11) is 0. The van der Waals surface area contributed by atoms with Crippen LogP contribution in [0.2, 0.25) is 5.02 Å². The Kier molecular flexibility index (Phi) is 5.23. The molecule has 0 aromatic heterocycles. The maximum atomic E-state index is 12.1. The fourth-order valence-corrected chi connectivity index (χ4v) is 1.93. The topological polar surface area (TPSA) is 38.3 Å². The first kappa shape index (κ1) is 15.4. The third kappa shape index (κ3) is 4.80. The molecule has 1 N–H and O–H groups in total. The molecule has 0 saturated heterocycles. The molecule has 2 rings (SSSR count). The van der Waals surface area contributed by atoms with Crippen LogP contribution in [0.1, 0.15) is 24.2 Å². The number of anilines is 1. The van der Waals surface area contributed by atoms with Gasteiger partial charge in [0.2, 0.25) is 0 Å². The van der Waals surface area contributed by atoms with Crippen molar-refractivity contribution in [3.8, 4) is 5.75 Å². The lowest BCUT2D eigenvalue weighted by atomic mass is 10.2. The van der Waals surface area contributed by atoms with Crippen LogP contribution in [0.5, 0.6) is 5.75 Å². The standard InChI is InChI=1S/C17H18ClNO2/c1-12(2)11-21-16-8-6-13(7-9-16)17(20)19-15-5-3-4-14(18)10-15/h3-10,12H,11H2,1-2H3,(H,19,20). The van der Waals surface area contributed by atoms with Gasteiger partial charge in [0.1, 0.15) is 5.75 Å². The predicted octanol–water partition coefficient (Wildman–Crippen LogP) is 4.63. The maximum absolute atomic E-state index is 12.1. The number of carbonyl (C=O) groups excluding carboxylic acids is 1. The van der Waals surface area contributed by atoms with Gasteiger partial charge in [-0.1, -0.05) is 31.5 Å². The molecular weight excluding hydrogens is 286 g/mol. The van der Waals surface area contributed by atoms with Crippen molar-refractivity contribution in [1.82, 2.24) is 0 Å². The van der Waals surface area contributed by atoms with Crippen LogP contribution in [-0.2, 0) is 0 Å². The average molecular weight is 304 g/mol. The number of hydrogen-bond acceptors (Lipinski definition) is 2. The smallest absolute Gasteiger partial charge is 0.255 e. The van der Waals surface area contributed by atoms with Crippen LogP contribution in [-0.4, -0.2) is 12.5 Å². The predicted molar refractivity (Wildman–Crippen MR) is 86.2 cm³/mol. The van der Waals surface area contributed by atoms with Gasteiger partial charge in [0, 0.05) is 16.3 Å². The van der Waals surface area contributed by atoms with Crippen molar-refractivity contribution in [3.05, 3.63) is 59.1 Å². The maximum Gasteiger partial charge on any atom is 0.255 e. The van der Waals surface area contributed by atoms with Crippen LogP contribution in [0.15, 0.2) is 48.5 Å². The largest absolute Gasteiger partial charge is 0.493 e. The molecule has 0 atom stereocenters. The minimum absolute atomic E-state index is 0.173. The molecule has 0 aliphatic heterocycles. The number of carbonyl (C=O) groups is 1. The summed E-state index contributed by atoms with van der Waals surface area (Å²) in [5.41, 5.74) is 1.25. The third-order valence-corrected chi connectivity index (χ3v) is 3.02. The summed E-state index contributed by atoms with van der Waals surface area (Å²) in [6.07, 6.45) is 0. The zero-order valence-electron chi connectivity index (χ0n) is 12.1. The second-order valence-electron chi connectivity index (χ2n) is 5.19. The van der Waals surface area contributed by atoms with Crippen molar-refractivity contribution in [3.63, 3.8) is 0 Å². The van der Waals surface area contributed by atoms with E-state index in [0.29, 0.717) is 28.8 Å². The molecule has 2 aromatic rings. The van der Waals surface area contributed by atoms with Gasteiger partial charge in [-0.3, -0.25) is 4.79 Å². The van der Waals surface area contributed by atoms with E-state index in [1.165, 1.54) is 0 Å². The van der Waals surface area contributed by atoms with Crippen molar-refractivity contribution in [2.75, 3.05) is 11.9 Å². The van der Waals surface area contributed by atoms with Crippen LogP contribution in [0.25, 0.3) is 0 Å². The molecular formula is C17H18ClNO2. The quantitative estimate of drug-likeness (QED) is 0.874. The van der Waals surface area contributed by atoms with E-state index in [4.69, 9.17) is 16.3 Å². The Morgan fingerprint density at radius 2 is 1.90 bits per heavy atom. The number of benzene rings is 2. The second-order valence-corrected chi connectivity index (χ2v) is 5.63. The van der Waals surface area contributed by atoms with E-state index in [1.54, 1.807) is 48.5 Å². The molecule has 0 aliphatic rings. The Bertz CT molecular complexity index is 608. The van der Waals surface area contributed by atoms with E-state index in [1.807, 2.05) is 0 Å². The molecule has 2 aromatic carbocycles. The third-order valence-electron chi connectivity index (χ3n) is 2.78.